The molecule has 186 valence electrons. The molecule has 5 rings (SSSR count). The lowest BCUT2D eigenvalue weighted by Gasteiger charge is -2.47. The highest BCUT2D eigenvalue weighted by Crippen LogP contribution is 2.46. The monoisotopic (exact) mass is 514 g/mol. The molecule has 1 saturated heterocycles. The summed E-state index contributed by atoms with van der Waals surface area (Å²) in [7, 11) is 0. The molecule has 0 saturated carbocycles. The third kappa shape index (κ3) is 5.12. The minimum Gasteiger partial charge on any atom is -0.508 e. The fraction of sp³-hybridized carbons (Fsp3) is 0.138. The zero-order valence-corrected chi connectivity index (χ0v) is 20.4. The number of benzene rings is 3. The van der Waals surface area contributed by atoms with Crippen molar-refractivity contribution in [3.05, 3.63) is 114 Å². The maximum Gasteiger partial charge on any atom is 0.243 e. The summed E-state index contributed by atoms with van der Waals surface area (Å²) >= 11 is 1.35. The standard InChI is InChI=1S/C29H23FN2O4S/c30-22-8-2-20(3-9-22)26(35)17-37-28-27(21-6-12-24(34)13-7-21)32(29(28)36)23-10-4-19(5-11-23)25-14-1-18(16-33)15-31-25/h1-16,26-28,34-35H,17H2/t26-,27+,28+/m0/s1. The summed E-state index contributed by atoms with van der Waals surface area (Å²) in [6.07, 6.45) is 1.41. The number of pyridine rings is 1. The molecule has 1 aliphatic heterocycles. The smallest absolute Gasteiger partial charge is 0.243 e. The molecule has 0 radical (unpaired) electrons. The first-order chi connectivity index (χ1) is 17.9. The van der Waals surface area contributed by atoms with Crippen LogP contribution in [0.25, 0.3) is 11.3 Å². The molecule has 2 N–H and O–H groups in total. The number of β-lactam (4-membered cyclic amide) rings is 1. The summed E-state index contributed by atoms with van der Waals surface area (Å²) in [5, 5.41) is 19.9. The van der Waals surface area contributed by atoms with Crippen LogP contribution in [0.3, 0.4) is 0 Å². The molecule has 3 atom stereocenters. The Balaban J connectivity index is 1.36. The quantitative estimate of drug-likeness (QED) is 0.244. The van der Waals surface area contributed by atoms with Crippen LogP contribution in [-0.4, -0.2) is 38.4 Å². The van der Waals surface area contributed by atoms with Crippen LogP contribution in [0.1, 0.15) is 33.6 Å². The van der Waals surface area contributed by atoms with E-state index >= 15 is 0 Å². The molecular weight excluding hydrogens is 491 g/mol. The Kier molecular flexibility index (Phi) is 7.03. The first-order valence-electron chi connectivity index (χ1n) is 11.6. The van der Waals surface area contributed by atoms with Crippen LogP contribution in [0.15, 0.2) is 91.1 Å². The highest BCUT2D eigenvalue weighted by molar-refractivity contribution is 8.00. The fourth-order valence-electron chi connectivity index (χ4n) is 4.32. The molecule has 6 nitrogen and oxygen atoms in total. The summed E-state index contributed by atoms with van der Waals surface area (Å²) in [5.74, 6) is -0.0585. The van der Waals surface area contributed by atoms with Crippen LogP contribution in [-0.2, 0) is 4.79 Å². The number of aldehydes is 1. The molecule has 1 fully saturated rings. The molecule has 3 aromatic carbocycles. The number of carbonyl (C=O) groups is 2. The van der Waals surface area contributed by atoms with Gasteiger partial charge in [0.2, 0.25) is 5.91 Å². The van der Waals surface area contributed by atoms with Gasteiger partial charge in [-0.3, -0.25) is 14.6 Å². The predicted molar refractivity (Wildman–Crippen MR) is 141 cm³/mol. The number of phenols is 1. The number of hydrogen-bond acceptors (Lipinski definition) is 6. The van der Waals surface area contributed by atoms with Crippen molar-refractivity contribution in [3.63, 3.8) is 0 Å². The third-order valence-electron chi connectivity index (χ3n) is 6.33. The Morgan fingerprint density at radius 2 is 1.68 bits per heavy atom. The van der Waals surface area contributed by atoms with Gasteiger partial charge in [0, 0.05) is 28.8 Å². The minimum absolute atomic E-state index is 0.0874. The van der Waals surface area contributed by atoms with Crippen LogP contribution in [0.5, 0.6) is 5.75 Å². The number of aliphatic hydroxyl groups is 1. The van der Waals surface area contributed by atoms with Gasteiger partial charge in [-0.1, -0.05) is 36.4 Å². The normalized spacial score (nSPS) is 17.8. The van der Waals surface area contributed by atoms with Crippen molar-refractivity contribution < 1.29 is 24.2 Å². The summed E-state index contributed by atoms with van der Waals surface area (Å²) in [6.45, 7) is 0. The van der Waals surface area contributed by atoms with Crippen molar-refractivity contribution in [1.82, 2.24) is 4.98 Å². The Morgan fingerprint density at radius 3 is 2.30 bits per heavy atom. The number of carbonyl (C=O) groups excluding carboxylic acids is 2. The van der Waals surface area contributed by atoms with E-state index in [1.165, 1.54) is 42.2 Å². The largest absolute Gasteiger partial charge is 0.508 e. The lowest BCUT2D eigenvalue weighted by molar-refractivity contribution is -0.123. The fourth-order valence-corrected chi connectivity index (χ4v) is 5.62. The highest BCUT2D eigenvalue weighted by atomic mass is 32.2. The number of halogens is 1. The van der Waals surface area contributed by atoms with E-state index in [0.29, 0.717) is 22.5 Å². The number of rotatable bonds is 8. The number of aromatic nitrogens is 1. The van der Waals surface area contributed by atoms with Gasteiger partial charge in [-0.25, -0.2) is 4.39 Å². The summed E-state index contributed by atoms with van der Waals surface area (Å²) in [6, 6.07) is 23.0. The van der Waals surface area contributed by atoms with Gasteiger partial charge < -0.3 is 15.1 Å². The maximum absolute atomic E-state index is 13.3. The average molecular weight is 515 g/mol. The van der Waals surface area contributed by atoms with Gasteiger partial charge in [0.25, 0.3) is 0 Å². The predicted octanol–water partition coefficient (Wildman–Crippen LogP) is 5.33. The molecule has 2 heterocycles. The molecule has 0 aliphatic carbocycles. The second kappa shape index (κ2) is 10.5. The van der Waals surface area contributed by atoms with Gasteiger partial charge in [0.1, 0.15) is 16.8 Å². The van der Waals surface area contributed by atoms with E-state index in [-0.39, 0.29) is 29.3 Å². The second-order valence-electron chi connectivity index (χ2n) is 8.71. The van der Waals surface area contributed by atoms with Crippen LogP contribution < -0.4 is 4.90 Å². The number of phenolic OH excluding ortho intramolecular Hbond substituents is 1. The summed E-state index contributed by atoms with van der Waals surface area (Å²) in [4.78, 5) is 30.2. The van der Waals surface area contributed by atoms with E-state index in [9.17, 15) is 24.2 Å². The van der Waals surface area contributed by atoms with Crippen LogP contribution in [0, 0.1) is 5.82 Å². The Bertz CT molecular complexity index is 1390. The van der Waals surface area contributed by atoms with E-state index in [1.807, 2.05) is 24.3 Å². The molecule has 0 spiro atoms. The molecule has 0 bridgehead atoms. The van der Waals surface area contributed by atoms with Crippen LogP contribution in [0.4, 0.5) is 10.1 Å². The average Bonchev–Trinajstić information content (AvgIpc) is 2.93. The number of nitrogens with zero attached hydrogens (tertiary/aromatic N) is 2. The first kappa shape index (κ1) is 24.7. The summed E-state index contributed by atoms with van der Waals surface area (Å²) in [5.41, 5.74) is 4.23. The van der Waals surface area contributed by atoms with E-state index in [0.717, 1.165) is 17.4 Å². The maximum atomic E-state index is 13.3. The molecule has 1 aromatic heterocycles. The zero-order valence-electron chi connectivity index (χ0n) is 19.6. The lowest BCUT2D eigenvalue weighted by Crippen LogP contribution is -2.57. The number of anilines is 1. The van der Waals surface area contributed by atoms with Crippen LogP contribution in [0.2, 0.25) is 0 Å². The van der Waals surface area contributed by atoms with Gasteiger partial charge in [-0.2, -0.15) is 0 Å². The Morgan fingerprint density at radius 1 is 0.973 bits per heavy atom. The molecule has 4 aromatic rings. The minimum atomic E-state index is -0.842. The Hall–Kier alpha value is -4.01. The van der Waals surface area contributed by atoms with Crippen LogP contribution >= 0.6 is 11.8 Å². The Labute approximate surface area is 217 Å². The molecule has 37 heavy (non-hydrogen) atoms. The van der Waals surface area contributed by atoms with E-state index in [1.54, 1.807) is 41.3 Å². The first-order valence-corrected chi connectivity index (χ1v) is 12.7. The number of aliphatic hydroxyl groups excluding tert-OH is 1. The van der Waals surface area contributed by atoms with Gasteiger partial charge in [-0.15, -0.1) is 11.8 Å². The van der Waals surface area contributed by atoms with Crippen molar-refractivity contribution in [2.45, 2.75) is 17.4 Å². The topological polar surface area (TPSA) is 90.7 Å². The molecule has 1 aliphatic rings. The lowest BCUT2D eigenvalue weighted by atomic mass is 9.92. The number of aromatic hydroxyl groups is 1. The van der Waals surface area contributed by atoms with Gasteiger partial charge in [-0.05, 0) is 59.7 Å². The van der Waals surface area contributed by atoms with Crippen molar-refractivity contribution >= 4 is 29.6 Å². The third-order valence-corrected chi connectivity index (χ3v) is 7.66. The van der Waals surface area contributed by atoms with Crippen molar-refractivity contribution in [2.24, 2.45) is 0 Å². The molecule has 0 unspecified atom stereocenters. The highest BCUT2D eigenvalue weighted by Gasteiger charge is 2.49. The van der Waals surface area contributed by atoms with Gasteiger partial charge in [0.05, 0.1) is 17.8 Å². The van der Waals surface area contributed by atoms with E-state index < -0.39 is 11.4 Å². The number of thioether (sulfide) groups is 1. The molecule has 8 heteroatoms. The zero-order chi connectivity index (χ0) is 25.9. The number of hydrogen-bond donors (Lipinski definition) is 2. The van der Waals surface area contributed by atoms with Crippen molar-refractivity contribution in [3.8, 4) is 17.0 Å². The van der Waals surface area contributed by atoms with Crippen molar-refractivity contribution in [2.75, 3.05) is 10.7 Å². The SMILES string of the molecule is O=Cc1ccc(-c2ccc(N3C(=O)[C@H](SC[C@H](O)c4ccc(F)cc4)[C@H]3c3ccc(O)cc3)cc2)nc1. The molecular formula is C29H23FN2O4S. The second-order valence-corrected chi connectivity index (χ2v) is 9.88. The summed E-state index contributed by atoms with van der Waals surface area (Å²) < 4.78 is 13.2. The number of amides is 1. The van der Waals surface area contributed by atoms with Gasteiger partial charge >= 0.3 is 0 Å². The molecule has 1 amide bonds. The van der Waals surface area contributed by atoms with E-state index in [2.05, 4.69) is 4.98 Å². The van der Waals surface area contributed by atoms with Crippen molar-refractivity contribution in [1.29, 1.82) is 0 Å². The van der Waals surface area contributed by atoms with E-state index in [4.69, 9.17) is 0 Å². The van der Waals surface area contributed by atoms with Gasteiger partial charge in [0.15, 0.2) is 6.29 Å².